The van der Waals surface area contributed by atoms with Crippen molar-refractivity contribution in [2.24, 2.45) is 10.2 Å². The first-order valence-electron chi connectivity index (χ1n) is 16.1. The molecular weight excluding hydrogens is 618 g/mol. The van der Waals surface area contributed by atoms with Crippen molar-refractivity contribution in [3.05, 3.63) is 45.6 Å². The third kappa shape index (κ3) is 14.5. The summed E-state index contributed by atoms with van der Waals surface area (Å²) in [6.07, 6.45) is 1.17. The normalized spacial score (nSPS) is 11.9. The lowest BCUT2D eigenvalue weighted by atomic mass is 10.1. The monoisotopic (exact) mass is 670 g/mol. The maximum absolute atomic E-state index is 10.9. The molecule has 0 saturated heterocycles. The number of hydrogen-bond acceptors (Lipinski definition) is 10. The van der Waals surface area contributed by atoms with Crippen molar-refractivity contribution in [1.29, 1.82) is 5.26 Å². The Balaban J connectivity index is 2.01. The van der Waals surface area contributed by atoms with Gasteiger partial charge in [-0.2, -0.15) is 15.5 Å². The number of ether oxygens (including phenoxy) is 3. The number of likely N-dealkylation sites (N-methyl/N-ethyl adjacent to an activating group) is 2. The zero-order valence-corrected chi connectivity index (χ0v) is 30.0. The van der Waals surface area contributed by atoms with E-state index >= 15 is 0 Å². The van der Waals surface area contributed by atoms with Gasteiger partial charge in [0.1, 0.15) is 24.2 Å². The number of benzene rings is 1. The third-order valence-corrected chi connectivity index (χ3v) is 8.99. The van der Waals surface area contributed by atoms with Gasteiger partial charge in [-0.25, -0.2) is 4.85 Å². The lowest BCUT2D eigenvalue weighted by Crippen LogP contribution is -2.45. The van der Waals surface area contributed by atoms with Gasteiger partial charge in [0.15, 0.2) is 0 Å². The van der Waals surface area contributed by atoms with Gasteiger partial charge in [-0.05, 0) is 49.6 Å². The van der Waals surface area contributed by atoms with Crippen LogP contribution in [0.1, 0.15) is 35.8 Å². The predicted molar refractivity (Wildman–Crippen MR) is 184 cm³/mol. The number of thiophene rings is 1. The maximum Gasteiger partial charge on any atom is 0.229 e. The van der Waals surface area contributed by atoms with Crippen molar-refractivity contribution in [3.63, 3.8) is 0 Å². The summed E-state index contributed by atoms with van der Waals surface area (Å²) >= 11 is 1.17. The number of nitriles is 1. The molecule has 0 unspecified atom stereocenters. The first-order chi connectivity index (χ1) is 22.3. The minimum absolute atomic E-state index is 0.0192. The molecule has 0 bridgehead atoms. The van der Waals surface area contributed by atoms with Gasteiger partial charge in [0.25, 0.3) is 0 Å². The van der Waals surface area contributed by atoms with Crippen LogP contribution < -0.4 is 10.0 Å². The molecule has 2 rings (SSSR count). The van der Waals surface area contributed by atoms with Gasteiger partial charge in [0.2, 0.25) is 5.69 Å². The van der Waals surface area contributed by atoms with E-state index in [1.54, 1.807) is 6.92 Å². The molecule has 258 valence electrons. The molecule has 0 saturated carbocycles. The van der Waals surface area contributed by atoms with Gasteiger partial charge >= 0.3 is 0 Å². The second kappa shape index (κ2) is 20.1. The highest BCUT2D eigenvalue weighted by Crippen LogP contribution is 2.42. The SMILES string of the molecule is [C-]#[N+]c1c(N=Nc2ccc(N(CCOCCOCC[N+](C)(C)CCC)CCOCC[N+](C)(C)CCC(=O)[O-])cc2C)sc(C#N)c1C. The van der Waals surface area contributed by atoms with E-state index in [1.165, 1.54) is 11.3 Å². The lowest BCUT2D eigenvalue weighted by molar-refractivity contribution is -0.890. The number of nitrogens with zero attached hydrogens (tertiary/aromatic N) is 7. The molecule has 0 amide bonds. The summed E-state index contributed by atoms with van der Waals surface area (Å²) in [5.41, 5.74) is 3.58. The Labute approximate surface area is 284 Å². The van der Waals surface area contributed by atoms with E-state index in [2.05, 4.69) is 47.1 Å². The Morgan fingerprint density at radius 3 is 2.11 bits per heavy atom. The number of anilines is 1. The summed E-state index contributed by atoms with van der Waals surface area (Å²) in [6, 6.07) is 8.05. The maximum atomic E-state index is 10.9. The van der Waals surface area contributed by atoms with E-state index in [4.69, 9.17) is 20.8 Å². The Hall–Kier alpha value is -3.43. The van der Waals surface area contributed by atoms with Crippen LogP contribution >= 0.6 is 11.3 Å². The Morgan fingerprint density at radius 2 is 1.55 bits per heavy atom. The highest BCUT2D eigenvalue weighted by Gasteiger charge is 2.17. The molecule has 0 aliphatic heterocycles. The highest BCUT2D eigenvalue weighted by molar-refractivity contribution is 7.17. The predicted octanol–water partition coefficient (Wildman–Crippen LogP) is 4.76. The van der Waals surface area contributed by atoms with Gasteiger partial charge < -0.3 is 38.0 Å². The van der Waals surface area contributed by atoms with Crippen LogP contribution in [0.3, 0.4) is 0 Å². The van der Waals surface area contributed by atoms with Crippen LogP contribution in [-0.2, 0) is 19.0 Å². The zero-order valence-electron chi connectivity index (χ0n) is 29.2. The summed E-state index contributed by atoms with van der Waals surface area (Å²) in [4.78, 5) is 17.1. The quantitative estimate of drug-likeness (QED) is 0.0723. The molecule has 0 N–H and O–H groups in total. The second-order valence-corrected chi connectivity index (χ2v) is 13.8. The number of azo groups is 1. The number of carbonyl (C=O) groups is 1. The lowest BCUT2D eigenvalue weighted by Gasteiger charge is -2.30. The Kier molecular flexibility index (Phi) is 17.0. The highest BCUT2D eigenvalue weighted by atomic mass is 32.1. The van der Waals surface area contributed by atoms with Gasteiger partial charge in [-0.3, -0.25) is 0 Å². The topological polar surface area (TPSA) is 124 Å². The van der Waals surface area contributed by atoms with E-state index < -0.39 is 5.97 Å². The van der Waals surface area contributed by atoms with E-state index in [1.807, 2.05) is 39.2 Å². The summed E-state index contributed by atoms with van der Waals surface area (Å²) in [5.74, 6) is -1.04. The van der Waals surface area contributed by atoms with Crippen molar-refractivity contribution < 1.29 is 33.1 Å². The molecule has 1 aromatic heterocycles. The molecule has 0 spiro atoms. The second-order valence-electron chi connectivity index (χ2n) is 12.8. The van der Waals surface area contributed by atoms with E-state index in [9.17, 15) is 15.2 Å². The first-order valence-corrected chi connectivity index (χ1v) is 16.9. The molecule has 0 fully saturated rings. The fourth-order valence-electron chi connectivity index (χ4n) is 4.83. The van der Waals surface area contributed by atoms with Crippen LogP contribution in [0.15, 0.2) is 28.4 Å². The number of carboxylic acid groups (broad SMARTS) is 1. The average Bonchev–Trinajstić information content (AvgIpc) is 3.33. The summed E-state index contributed by atoms with van der Waals surface area (Å²) in [7, 11) is 8.41. The number of carboxylic acids is 1. The van der Waals surface area contributed by atoms with E-state index in [0.717, 1.165) is 35.2 Å². The summed E-state index contributed by atoms with van der Waals surface area (Å²) < 4.78 is 19.2. The fraction of sp³-hybridized carbons (Fsp3) is 0.618. The van der Waals surface area contributed by atoms with Gasteiger partial charge in [-0.1, -0.05) is 6.92 Å². The van der Waals surface area contributed by atoms with E-state index in [0.29, 0.717) is 97.1 Å². The molecule has 0 atom stereocenters. The van der Waals surface area contributed by atoms with Crippen LogP contribution in [0.25, 0.3) is 4.85 Å². The fourth-order valence-corrected chi connectivity index (χ4v) is 5.70. The summed E-state index contributed by atoms with van der Waals surface area (Å²) in [6.45, 7) is 21.2. The van der Waals surface area contributed by atoms with Crippen LogP contribution in [0, 0.1) is 31.8 Å². The molecule has 1 heterocycles. The van der Waals surface area contributed by atoms with Crippen molar-refractivity contribution >= 4 is 39.4 Å². The van der Waals surface area contributed by atoms with Crippen LogP contribution in [0.5, 0.6) is 0 Å². The zero-order chi connectivity index (χ0) is 34.9. The molecule has 0 radical (unpaired) electrons. The van der Waals surface area contributed by atoms with Crippen LogP contribution in [0.4, 0.5) is 22.1 Å². The first kappa shape index (κ1) is 39.7. The average molecular weight is 671 g/mol. The van der Waals surface area contributed by atoms with E-state index in [-0.39, 0.29) is 6.42 Å². The third-order valence-electron chi connectivity index (χ3n) is 7.92. The van der Waals surface area contributed by atoms with Gasteiger partial charge in [-0.15, -0.1) is 11.3 Å². The number of rotatable bonds is 23. The minimum atomic E-state index is -1.04. The smallest absolute Gasteiger partial charge is 0.229 e. The van der Waals surface area contributed by atoms with Crippen molar-refractivity contribution in [2.45, 2.75) is 33.6 Å². The van der Waals surface area contributed by atoms with Crippen LogP contribution in [0.2, 0.25) is 0 Å². The number of aliphatic carboxylic acids is 1. The largest absolute Gasteiger partial charge is 0.550 e. The number of aryl methyl sites for hydroxylation is 1. The molecule has 0 aliphatic rings. The Bertz CT molecular complexity index is 1390. The van der Waals surface area contributed by atoms with Crippen molar-refractivity contribution in [2.75, 3.05) is 112 Å². The molecule has 2 aromatic rings. The number of quaternary nitrogens is 2. The summed E-state index contributed by atoms with van der Waals surface area (Å²) in [5, 5.41) is 29.3. The Morgan fingerprint density at radius 1 is 0.957 bits per heavy atom. The molecule has 1 aromatic carbocycles. The number of carbonyl (C=O) groups excluding carboxylic acids is 1. The minimum Gasteiger partial charge on any atom is -0.550 e. The molecular formula is C34H52N7O5S+. The number of hydrogen-bond donors (Lipinski definition) is 0. The van der Waals surface area contributed by atoms with Gasteiger partial charge in [0, 0.05) is 31.2 Å². The van der Waals surface area contributed by atoms with Crippen molar-refractivity contribution in [3.8, 4) is 6.07 Å². The van der Waals surface area contributed by atoms with Crippen LogP contribution in [-0.4, -0.2) is 122 Å². The molecule has 12 nitrogen and oxygen atoms in total. The van der Waals surface area contributed by atoms with Crippen molar-refractivity contribution in [1.82, 2.24) is 0 Å². The molecule has 0 aliphatic carbocycles. The standard InChI is InChI=1S/C34H52N7O5S/c1-9-15-40(5,6)17-22-46-24-23-45-20-14-39(13-19-44-21-18-41(7,8)16-12-32(42)43)29-10-11-30(27(2)25-29)37-38-34-33(36-4)28(3)31(26-35)47-34/h10-11,25H,9,12-24H2,1-3,5-8H3/q+1. The molecule has 13 heteroatoms. The molecule has 47 heavy (non-hydrogen) atoms. The van der Waals surface area contributed by atoms with Gasteiger partial charge in [0.05, 0.1) is 98.1 Å².